The van der Waals surface area contributed by atoms with Crippen LogP contribution in [0.4, 0.5) is 0 Å². The molecule has 0 aromatic carbocycles. The van der Waals surface area contributed by atoms with Crippen molar-refractivity contribution >= 4 is 23.6 Å². The number of hydrogen-bond donors (Lipinski definition) is 1. The minimum atomic E-state index is -1.16. The Morgan fingerprint density at radius 3 is 2.33 bits per heavy atom. The highest BCUT2D eigenvalue weighted by Crippen LogP contribution is 2.73. The van der Waals surface area contributed by atoms with E-state index in [1.807, 2.05) is 42.2 Å². The lowest BCUT2D eigenvalue weighted by atomic mass is 9.36. The molecule has 9 heteroatoms. The summed E-state index contributed by atoms with van der Waals surface area (Å²) in [5.41, 5.74) is 2.20. The Balaban J connectivity index is 1.25. The molecule has 4 saturated carbocycles. The van der Waals surface area contributed by atoms with E-state index in [2.05, 4.69) is 46.5 Å². The molecule has 0 aliphatic heterocycles. The number of hydrogen-bond acceptors (Lipinski definition) is 7. The number of aromatic nitrogens is 1. The van der Waals surface area contributed by atoms with E-state index in [0.717, 1.165) is 68.9 Å². The summed E-state index contributed by atoms with van der Waals surface area (Å²) >= 11 is 0. The standard InChI is InChI=1S/C46H69N3O6/c1-29(2)39-33(50)24-46(21-23-49(37(51)28-48(9)10)27-30-12-11-22-47-26-30)20-15-32-31(40(39)46)13-14-35-44(32,7)18-16-34-43(5,6)36(17-19-45(34,35)8)55-38(52)25-42(3,4)41(53)54/h11-12,22,26,29,31-32,34-36H,13-21,23-25,27-28H2,1-10H3,(H,53,54). The number of carboxylic acid groups (broad SMARTS) is 1. The molecular weight excluding hydrogens is 691 g/mol. The van der Waals surface area contributed by atoms with E-state index in [1.54, 1.807) is 20.0 Å². The van der Waals surface area contributed by atoms with Gasteiger partial charge in [0, 0.05) is 42.7 Å². The van der Waals surface area contributed by atoms with Crippen LogP contribution < -0.4 is 0 Å². The number of nitrogens with zero attached hydrogens (tertiary/aromatic N) is 3. The van der Waals surface area contributed by atoms with Gasteiger partial charge in [0.1, 0.15) is 6.10 Å². The average molecular weight is 760 g/mol. The number of esters is 1. The fraction of sp³-hybridized carbons (Fsp3) is 0.761. The van der Waals surface area contributed by atoms with Crippen LogP contribution in [0.15, 0.2) is 35.7 Å². The van der Waals surface area contributed by atoms with Gasteiger partial charge < -0.3 is 19.6 Å². The molecule has 0 bridgehead atoms. The highest BCUT2D eigenvalue weighted by molar-refractivity contribution is 6.00. The van der Waals surface area contributed by atoms with E-state index in [1.165, 1.54) is 5.57 Å². The summed E-state index contributed by atoms with van der Waals surface area (Å²) in [6, 6.07) is 3.96. The van der Waals surface area contributed by atoms with Crippen molar-refractivity contribution in [2.75, 3.05) is 27.2 Å². The van der Waals surface area contributed by atoms with Crippen molar-refractivity contribution in [3.63, 3.8) is 0 Å². The molecule has 0 saturated heterocycles. The van der Waals surface area contributed by atoms with Gasteiger partial charge in [-0.25, -0.2) is 0 Å². The molecule has 1 N–H and O–H groups in total. The van der Waals surface area contributed by atoms with E-state index in [-0.39, 0.29) is 46.0 Å². The second kappa shape index (κ2) is 15.0. The van der Waals surface area contributed by atoms with Crippen LogP contribution in [0.2, 0.25) is 0 Å². The third-order valence-corrected chi connectivity index (χ3v) is 15.9. The highest BCUT2D eigenvalue weighted by atomic mass is 16.5. The van der Waals surface area contributed by atoms with E-state index in [9.17, 15) is 24.3 Å². The van der Waals surface area contributed by atoms with E-state index < -0.39 is 17.4 Å². The van der Waals surface area contributed by atoms with Crippen LogP contribution in [0.1, 0.15) is 132 Å². The van der Waals surface area contributed by atoms with Crippen molar-refractivity contribution in [1.29, 1.82) is 0 Å². The molecular formula is C46H69N3O6. The van der Waals surface area contributed by atoms with Crippen LogP contribution in [-0.2, 0) is 30.5 Å². The second-order valence-corrected chi connectivity index (χ2v) is 20.7. The smallest absolute Gasteiger partial charge is 0.309 e. The van der Waals surface area contributed by atoms with Crippen molar-refractivity contribution in [1.82, 2.24) is 14.8 Å². The first-order chi connectivity index (χ1) is 25.7. The van der Waals surface area contributed by atoms with Crippen molar-refractivity contribution in [2.45, 2.75) is 139 Å². The van der Waals surface area contributed by atoms with Gasteiger partial charge in [-0.05, 0) is 143 Å². The Bertz CT molecular complexity index is 1680. The monoisotopic (exact) mass is 760 g/mol. The lowest BCUT2D eigenvalue weighted by molar-refractivity contribution is -0.214. The fourth-order valence-electron chi connectivity index (χ4n) is 13.3. The Labute approximate surface area is 330 Å². The van der Waals surface area contributed by atoms with Crippen molar-refractivity contribution in [2.24, 2.45) is 56.7 Å². The number of allylic oxidation sites excluding steroid dienone is 2. The van der Waals surface area contributed by atoms with E-state index >= 15 is 0 Å². The number of rotatable bonds is 12. The van der Waals surface area contributed by atoms with Crippen molar-refractivity contribution in [3.8, 4) is 0 Å². The third kappa shape index (κ3) is 7.45. The number of fused-ring (bicyclic) bond motifs is 7. The van der Waals surface area contributed by atoms with Gasteiger partial charge in [-0.15, -0.1) is 0 Å². The predicted molar refractivity (Wildman–Crippen MR) is 214 cm³/mol. The number of ketones is 1. The Kier molecular flexibility index (Phi) is 11.4. The van der Waals surface area contributed by atoms with Gasteiger partial charge in [-0.2, -0.15) is 0 Å². The molecule has 1 heterocycles. The van der Waals surface area contributed by atoms with Crippen molar-refractivity contribution < 1.29 is 29.0 Å². The molecule has 5 aliphatic carbocycles. The Morgan fingerprint density at radius 1 is 0.982 bits per heavy atom. The normalized spacial score (nSPS) is 34.1. The maximum atomic E-state index is 14.1. The van der Waals surface area contributed by atoms with Gasteiger partial charge in [-0.1, -0.05) is 53.2 Å². The zero-order chi connectivity index (χ0) is 40.3. The number of ether oxygens (including phenoxy) is 1. The van der Waals surface area contributed by atoms with Crippen LogP contribution in [0.5, 0.6) is 0 Å². The molecule has 1 amide bonds. The van der Waals surface area contributed by atoms with Crippen LogP contribution in [0, 0.1) is 56.7 Å². The van der Waals surface area contributed by atoms with Crippen LogP contribution in [-0.4, -0.2) is 76.8 Å². The van der Waals surface area contributed by atoms with Gasteiger partial charge in [0.2, 0.25) is 5.91 Å². The number of amides is 1. The molecule has 8 atom stereocenters. The molecule has 1 aromatic heterocycles. The lowest BCUT2D eigenvalue weighted by Gasteiger charge is -2.69. The van der Waals surface area contributed by atoms with Crippen LogP contribution in [0.3, 0.4) is 0 Å². The number of Topliss-reactive ketones (excluding diaryl/α,β-unsaturated/α-hetero) is 1. The zero-order valence-electron chi connectivity index (χ0n) is 35.5. The zero-order valence-corrected chi connectivity index (χ0v) is 35.5. The van der Waals surface area contributed by atoms with Gasteiger partial charge >= 0.3 is 11.9 Å². The molecule has 4 fully saturated rings. The highest BCUT2D eigenvalue weighted by Gasteiger charge is 2.66. The topological polar surface area (TPSA) is 117 Å². The minimum absolute atomic E-state index is 0.0968. The average Bonchev–Trinajstić information content (AvgIpc) is 3.40. The van der Waals surface area contributed by atoms with E-state index in [0.29, 0.717) is 55.5 Å². The molecule has 55 heavy (non-hydrogen) atoms. The molecule has 6 rings (SSSR count). The SMILES string of the molecule is CC(C)C1=C2C3CCC4C(C)(CCC5C(C)(C)C(OC(=O)CC(C)(C)C(=O)O)CCC54C)C3CCC2(CCN(Cc2cccnc2)C(=O)CN(C)C)CC1=O. The van der Waals surface area contributed by atoms with Crippen LogP contribution in [0.25, 0.3) is 0 Å². The fourth-order valence-corrected chi connectivity index (χ4v) is 13.3. The molecule has 8 unspecified atom stereocenters. The van der Waals surface area contributed by atoms with Gasteiger partial charge in [0.25, 0.3) is 0 Å². The summed E-state index contributed by atoms with van der Waals surface area (Å²) in [5, 5.41) is 9.62. The summed E-state index contributed by atoms with van der Waals surface area (Å²) in [5.74, 6) is 1.01. The minimum Gasteiger partial charge on any atom is -0.481 e. The molecule has 9 nitrogen and oxygen atoms in total. The quantitative estimate of drug-likeness (QED) is 0.212. The number of carboxylic acids is 1. The maximum Gasteiger partial charge on any atom is 0.309 e. The molecule has 0 spiro atoms. The summed E-state index contributed by atoms with van der Waals surface area (Å²) in [6.45, 7) is 18.7. The van der Waals surface area contributed by atoms with E-state index in [4.69, 9.17) is 4.74 Å². The summed E-state index contributed by atoms with van der Waals surface area (Å²) in [7, 11) is 3.87. The molecule has 1 aromatic rings. The number of aliphatic carboxylic acids is 1. The van der Waals surface area contributed by atoms with Gasteiger partial charge in [-0.3, -0.25) is 24.2 Å². The number of carbonyl (C=O) groups excluding carboxylic acids is 3. The Hall–Kier alpha value is -3.07. The van der Waals surface area contributed by atoms with Crippen LogP contribution >= 0.6 is 0 Å². The van der Waals surface area contributed by atoms with Crippen molar-refractivity contribution in [3.05, 3.63) is 41.2 Å². The largest absolute Gasteiger partial charge is 0.481 e. The lowest BCUT2D eigenvalue weighted by Crippen LogP contribution is -2.63. The number of likely N-dealkylation sites (N-methyl/N-ethyl adjacent to an activating group) is 1. The second-order valence-electron chi connectivity index (χ2n) is 20.7. The molecule has 304 valence electrons. The predicted octanol–water partition coefficient (Wildman–Crippen LogP) is 8.37. The maximum absolute atomic E-state index is 14.1. The summed E-state index contributed by atoms with van der Waals surface area (Å²) in [4.78, 5) is 60.9. The first-order valence-electron chi connectivity index (χ1n) is 21.2. The summed E-state index contributed by atoms with van der Waals surface area (Å²) < 4.78 is 6.17. The molecule has 5 aliphatic rings. The summed E-state index contributed by atoms with van der Waals surface area (Å²) in [6.07, 6.45) is 12.9. The third-order valence-electron chi connectivity index (χ3n) is 15.9. The van der Waals surface area contributed by atoms with Gasteiger partial charge in [0.05, 0.1) is 18.4 Å². The number of carbonyl (C=O) groups is 4. The first-order valence-corrected chi connectivity index (χ1v) is 21.2. The molecule has 0 radical (unpaired) electrons. The Morgan fingerprint density at radius 2 is 1.69 bits per heavy atom. The van der Waals surface area contributed by atoms with Gasteiger partial charge in [0.15, 0.2) is 5.78 Å². The first kappa shape index (κ1) is 41.6. The number of pyridine rings is 1.